The summed E-state index contributed by atoms with van der Waals surface area (Å²) in [6.45, 7) is 3.56. The van der Waals surface area contributed by atoms with E-state index in [0.29, 0.717) is 6.42 Å². The van der Waals surface area contributed by atoms with Gasteiger partial charge in [-0.2, -0.15) is 0 Å². The first-order chi connectivity index (χ1) is 8.45. The van der Waals surface area contributed by atoms with Crippen LogP contribution in [0.15, 0.2) is 0 Å². The number of hydrogen-bond acceptors (Lipinski definition) is 4. The van der Waals surface area contributed by atoms with Crippen molar-refractivity contribution in [2.75, 3.05) is 0 Å². The molecule has 100 valence electrons. The average Bonchev–Trinajstić information content (AvgIpc) is 2.76. The lowest BCUT2D eigenvalue weighted by Crippen LogP contribution is -2.58. The van der Waals surface area contributed by atoms with Gasteiger partial charge in [-0.05, 0) is 5.92 Å². The highest BCUT2D eigenvalue weighted by molar-refractivity contribution is 5.88. The molecule has 0 aliphatic carbocycles. The van der Waals surface area contributed by atoms with Crippen molar-refractivity contribution in [2.45, 2.75) is 38.6 Å². The number of fused-ring (bicyclic) bond motifs is 1. The molecule has 18 heavy (non-hydrogen) atoms. The molecule has 8 nitrogen and oxygen atoms in total. The van der Waals surface area contributed by atoms with Gasteiger partial charge in [0.15, 0.2) is 0 Å². The van der Waals surface area contributed by atoms with Crippen molar-refractivity contribution >= 4 is 18.0 Å². The molecule has 0 saturated carbocycles. The Morgan fingerprint density at radius 3 is 2.61 bits per heavy atom. The zero-order valence-corrected chi connectivity index (χ0v) is 10.1. The van der Waals surface area contributed by atoms with Crippen molar-refractivity contribution in [3.8, 4) is 0 Å². The summed E-state index contributed by atoms with van der Waals surface area (Å²) in [6.07, 6.45) is -0.709. The minimum atomic E-state index is -1.32. The van der Waals surface area contributed by atoms with Gasteiger partial charge in [0, 0.05) is 0 Å². The summed E-state index contributed by atoms with van der Waals surface area (Å²) < 4.78 is 0. The Hall–Kier alpha value is -1.99. The van der Waals surface area contributed by atoms with Crippen molar-refractivity contribution < 1.29 is 19.5 Å². The zero-order chi connectivity index (χ0) is 13.4. The second-order valence-corrected chi connectivity index (χ2v) is 4.55. The average molecular weight is 255 g/mol. The van der Waals surface area contributed by atoms with E-state index < -0.39 is 36.4 Å². The van der Waals surface area contributed by atoms with E-state index >= 15 is 0 Å². The van der Waals surface area contributed by atoms with Gasteiger partial charge < -0.3 is 25.9 Å². The summed E-state index contributed by atoms with van der Waals surface area (Å²) in [5.41, 5.74) is 0. The number of carboxylic acid groups (broad SMARTS) is 1. The fourth-order valence-electron chi connectivity index (χ4n) is 2.30. The summed E-state index contributed by atoms with van der Waals surface area (Å²) in [5, 5.41) is 18.8. The predicted octanol–water partition coefficient (Wildman–Crippen LogP) is -1.86. The molecule has 4 atom stereocenters. The van der Waals surface area contributed by atoms with E-state index in [-0.39, 0.29) is 5.92 Å². The molecule has 0 spiro atoms. The molecule has 2 rings (SSSR count). The van der Waals surface area contributed by atoms with Gasteiger partial charge in [0.2, 0.25) is 0 Å². The van der Waals surface area contributed by atoms with E-state index in [2.05, 4.69) is 16.0 Å². The number of urea groups is 2. The maximum Gasteiger partial charge on any atom is 0.321 e. The van der Waals surface area contributed by atoms with Crippen molar-refractivity contribution in [2.24, 2.45) is 5.92 Å². The van der Waals surface area contributed by atoms with Gasteiger partial charge in [0.1, 0.15) is 12.3 Å². The Bertz CT molecular complexity index is 399. The Morgan fingerprint density at radius 1 is 1.39 bits per heavy atom. The molecular formula is C10H15N4O4-. The van der Waals surface area contributed by atoms with Crippen LogP contribution in [0.3, 0.4) is 0 Å². The molecule has 2 heterocycles. The lowest BCUT2D eigenvalue weighted by Gasteiger charge is -2.35. The van der Waals surface area contributed by atoms with Crippen LogP contribution in [-0.2, 0) is 4.79 Å². The van der Waals surface area contributed by atoms with Crippen LogP contribution in [0.1, 0.15) is 20.3 Å². The molecule has 0 bridgehead atoms. The molecule has 0 aromatic heterocycles. The van der Waals surface area contributed by atoms with Crippen molar-refractivity contribution in [3.63, 3.8) is 0 Å². The Morgan fingerprint density at radius 2 is 2.06 bits per heavy atom. The van der Waals surface area contributed by atoms with Gasteiger partial charge in [-0.15, -0.1) is 0 Å². The second-order valence-electron chi connectivity index (χ2n) is 4.55. The molecule has 3 N–H and O–H groups in total. The maximum absolute atomic E-state index is 11.8. The number of nitrogens with zero attached hydrogens (tertiary/aromatic N) is 1. The summed E-state index contributed by atoms with van der Waals surface area (Å²) in [7, 11) is 0. The minimum Gasteiger partial charge on any atom is -0.548 e. The number of carboxylic acids is 1. The van der Waals surface area contributed by atoms with Crippen LogP contribution < -0.4 is 21.1 Å². The number of rotatable bonds is 4. The third-order valence-corrected chi connectivity index (χ3v) is 3.42. The molecule has 0 aromatic rings. The molecule has 0 radical (unpaired) electrons. The molecular weight excluding hydrogens is 240 g/mol. The summed E-state index contributed by atoms with van der Waals surface area (Å²) in [5.74, 6) is -1.58. The summed E-state index contributed by atoms with van der Waals surface area (Å²) in [4.78, 5) is 35.3. The van der Waals surface area contributed by atoms with Crippen LogP contribution in [0.5, 0.6) is 0 Å². The topological polar surface area (TPSA) is 114 Å². The fourth-order valence-corrected chi connectivity index (χ4v) is 2.30. The third-order valence-electron chi connectivity index (χ3n) is 3.42. The predicted molar refractivity (Wildman–Crippen MR) is 57.9 cm³/mol. The smallest absolute Gasteiger partial charge is 0.321 e. The van der Waals surface area contributed by atoms with E-state index in [0.717, 1.165) is 4.90 Å². The first kappa shape index (κ1) is 12.5. The Kier molecular flexibility index (Phi) is 3.02. The second kappa shape index (κ2) is 4.35. The molecule has 4 amide bonds. The number of nitrogens with one attached hydrogen (secondary N) is 3. The van der Waals surface area contributed by atoms with Crippen molar-refractivity contribution in [1.82, 2.24) is 20.9 Å². The minimum absolute atomic E-state index is 0.267. The van der Waals surface area contributed by atoms with Gasteiger partial charge in [-0.1, -0.05) is 20.3 Å². The van der Waals surface area contributed by atoms with E-state index in [1.807, 2.05) is 6.92 Å². The van der Waals surface area contributed by atoms with Gasteiger partial charge >= 0.3 is 12.1 Å². The first-order valence-electron chi connectivity index (χ1n) is 5.82. The fraction of sp³-hybridized carbons (Fsp3) is 0.700. The van der Waals surface area contributed by atoms with Gasteiger partial charge in [0.05, 0.1) is 12.0 Å². The van der Waals surface area contributed by atoms with E-state index in [4.69, 9.17) is 0 Å². The van der Waals surface area contributed by atoms with Crippen LogP contribution in [0.25, 0.3) is 0 Å². The third kappa shape index (κ3) is 1.83. The van der Waals surface area contributed by atoms with E-state index in [9.17, 15) is 19.5 Å². The summed E-state index contributed by atoms with van der Waals surface area (Å²) in [6, 6.07) is -2.02. The molecule has 0 unspecified atom stereocenters. The van der Waals surface area contributed by atoms with Crippen molar-refractivity contribution in [3.05, 3.63) is 0 Å². The normalized spacial score (nSPS) is 29.1. The first-order valence-corrected chi connectivity index (χ1v) is 5.82. The van der Waals surface area contributed by atoms with Crippen LogP contribution in [0, 0.1) is 5.92 Å². The van der Waals surface area contributed by atoms with Crippen molar-refractivity contribution in [1.29, 1.82) is 0 Å². The zero-order valence-electron chi connectivity index (χ0n) is 10.1. The highest BCUT2D eigenvalue weighted by atomic mass is 16.4. The summed E-state index contributed by atoms with van der Waals surface area (Å²) >= 11 is 0. The van der Waals surface area contributed by atoms with Crippen LogP contribution in [0.2, 0.25) is 0 Å². The molecule has 0 aromatic carbocycles. The quantitative estimate of drug-likeness (QED) is 0.546. The number of amides is 4. The molecule has 2 saturated heterocycles. The van der Waals surface area contributed by atoms with Gasteiger partial charge in [-0.25, -0.2) is 9.59 Å². The van der Waals surface area contributed by atoms with E-state index in [1.54, 1.807) is 6.92 Å². The van der Waals surface area contributed by atoms with Crippen LogP contribution in [-0.4, -0.2) is 41.3 Å². The number of hydrogen-bond donors (Lipinski definition) is 3. The van der Waals surface area contributed by atoms with Crippen LogP contribution in [0.4, 0.5) is 9.59 Å². The maximum atomic E-state index is 11.8. The lowest BCUT2D eigenvalue weighted by molar-refractivity contribution is -0.312. The van der Waals surface area contributed by atoms with Gasteiger partial charge in [-0.3, -0.25) is 4.90 Å². The molecule has 2 aliphatic rings. The monoisotopic (exact) mass is 255 g/mol. The largest absolute Gasteiger partial charge is 0.548 e. The number of carbonyl (C=O) groups is 3. The highest BCUT2D eigenvalue weighted by Crippen LogP contribution is 2.23. The SMILES string of the molecule is CC[C@@H](C)[C@@H](C(=O)[O-])N1C(=O)N[C@@H]2NC(=O)N[C@@H]21. The lowest BCUT2D eigenvalue weighted by atomic mass is 9.97. The number of carbonyl (C=O) groups excluding carboxylic acids is 3. The standard InChI is InChI=1S/C10H16N4O4/c1-3-4(2)5(8(15)16)14-7-6(12-10(14)18)11-9(17)13-7/h4-7H,3H2,1-2H3,(H,12,18)(H,15,16)(H2,11,13,17)/p-1/t4-,5+,6+,7-/m1/s1. The number of aliphatic carboxylic acids is 1. The highest BCUT2D eigenvalue weighted by Gasteiger charge is 2.49. The molecule has 8 heteroatoms. The van der Waals surface area contributed by atoms with Gasteiger partial charge in [0.25, 0.3) is 0 Å². The molecule has 2 fully saturated rings. The van der Waals surface area contributed by atoms with E-state index in [1.165, 1.54) is 0 Å². The molecule has 2 aliphatic heterocycles. The Balaban J connectivity index is 2.26. The Labute approximate surface area is 104 Å². The van der Waals surface area contributed by atoms with Crippen LogP contribution >= 0.6 is 0 Å².